The van der Waals surface area contributed by atoms with Gasteiger partial charge in [-0.3, -0.25) is 9.59 Å². The van der Waals surface area contributed by atoms with Gasteiger partial charge in [-0.05, 0) is 42.6 Å². The van der Waals surface area contributed by atoms with Crippen LogP contribution in [0, 0.1) is 11.8 Å². The molecule has 1 saturated heterocycles. The molecule has 4 rings (SSSR count). The van der Waals surface area contributed by atoms with Gasteiger partial charge in [0.25, 0.3) is 0 Å². The Morgan fingerprint density at radius 3 is 2.83 bits per heavy atom. The van der Waals surface area contributed by atoms with E-state index in [4.69, 9.17) is 14.2 Å². The van der Waals surface area contributed by atoms with Crippen molar-refractivity contribution in [2.45, 2.75) is 12.3 Å². The second-order valence-electron chi connectivity index (χ2n) is 8.50. The Morgan fingerprint density at radius 2 is 2.06 bits per heavy atom. The van der Waals surface area contributed by atoms with Crippen molar-refractivity contribution >= 4 is 34.3 Å². The Hall–Kier alpha value is -3.98. The Morgan fingerprint density at radius 1 is 1.22 bits per heavy atom. The smallest absolute Gasteiger partial charge is 0.314 e. The summed E-state index contributed by atoms with van der Waals surface area (Å²) in [4.78, 5) is 35.2. The van der Waals surface area contributed by atoms with E-state index in [-0.39, 0.29) is 18.5 Å². The average Bonchev–Trinajstić information content (AvgIpc) is 2.92. The minimum absolute atomic E-state index is 0.0688. The van der Waals surface area contributed by atoms with Gasteiger partial charge in [-0.2, -0.15) is 0 Å². The molecule has 1 aromatic heterocycles. The van der Waals surface area contributed by atoms with Crippen LogP contribution in [0.3, 0.4) is 0 Å². The zero-order valence-electron chi connectivity index (χ0n) is 20.4. The molecule has 9 nitrogen and oxygen atoms in total. The number of nitrogens with zero attached hydrogens (tertiary/aromatic N) is 2. The van der Waals surface area contributed by atoms with Gasteiger partial charge in [0, 0.05) is 23.7 Å². The van der Waals surface area contributed by atoms with E-state index >= 15 is 0 Å². The highest BCUT2D eigenvalue weighted by molar-refractivity contribution is 5.97. The lowest BCUT2D eigenvalue weighted by molar-refractivity contribution is -0.152. The number of esters is 2. The SMILES string of the molecule is C=CCOC(=O)C(c1cccc2ncnc(Nc3cccc(OC)c3)c12)C1CCNCC1C(=O)OC. The Balaban J connectivity index is 1.85. The molecule has 3 aromatic rings. The number of ether oxygens (including phenoxy) is 3. The summed E-state index contributed by atoms with van der Waals surface area (Å²) >= 11 is 0. The molecule has 0 aliphatic carbocycles. The number of carbonyl (C=O) groups is 2. The average molecular weight is 491 g/mol. The van der Waals surface area contributed by atoms with Crippen LogP contribution in [-0.2, 0) is 19.1 Å². The minimum Gasteiger partial charge on any atom is -0.497 e. The fraction of sp³-hybridized carbons (Fsp3) is 0.333. The molecule has 9 heteroatoms. The van der Waals surface area contributed by atoms with E-state index in [0.717, 1.165) is 5.69 Å². The topological polar surface area (TPSA) is 112 Å². The van der Waals surface area contributed by atoms with Gasteiger partial charge in [-0.15, -0.1) is 0 Å². The lowest BCUT2D eigenvalue weighted by Gasteiger charge is -2.35. The molecule has 1 fully saturated rings. The van der Waals surface area contributed by atoms with Crippen LogP contribution >= 0.6 is 0 Å². The third-order valence-electron chi connectivity index (χ3n) is 6.43. The van der Waals surface area contributed by atoms with Crippen molar-refractivity contribution < 1.29 is 23.8 Å². The van der Waals surface area contributed by atoms with Gasteiger partial charge in [-0.1, -0.05) is 30.9 Å². The van der Waals surface area contributed by atoms with Crippen LogP contribution in [0.2, 0.25) is 0 Å². The molecule has 188 valence electrons. The highest BCUT2D eigenvalue weighted by Crippen LogP contribution is 2.41. The quantitative estimate of drug-likeness (QED) is 0.343. The molecule has 0 spiro atoms. The van der Waals surface area contributed by atoms with E-state index in [2.05, 4.69) is 27.2 Å². The summed E-state index contributed by atoms with van der Waals surface area (Å²) in [6.07, 6.45) is 3.59. The standard InChI is InChI=1S/C27H30N4O5/c1-4-13-36-27(33)23(19-11-12-28-15-21(19)26(32)35-3)20-9-6-10-22-24(20)25(30-16-29-22)31-17-7-5-8-18(14-17)34-2/h4-10,14,16,19,21,23,28H,1,11-13,15H2,2-3H3,(H,29,30,31). The van der Waals surface area contributed by atoms with Gasteiger partial charge in [0.05, 0.1) is 31.6 Å². The molecule has 3 unspecified atom stereocenters. The third-order valence-corrected chi connectivity index (χ3v) is 6.43. The Kier molecular flexibility index (Phi) is 8.12. The number of hydrogen-bond acceptors (Lipinski definition) is 9. The van der Waals surface area contributed by atoms with E-state index in [1.165, 1.54) is 19.5 Å². The molecule has 0 bridgehead atoms. The van der Waals surface area contributed by atoms with Crippen LogP contribution in [0.1, 0.15) is 17.9 Å². The van der Waals surface area contributed by atoms with Crippen molar-refractivity contribution in [3.63, 3.8) is 0 Å². The van der Waals surface area contributed by atoms with E-state index in [1.807, 2.05) is 42.5 Å². The number of methoxy groups -OCH3 is 2. The lowest BCUT2D eigenvalue weighted by atomic mass is 9.73. The minimum atomic E-state index is -0.739. The monoisotopic (exact) mass is 490 g/mol. The molecule has 0 amide bonds. The van der Waals surface area contributed by atoms with Crippen LogP contribution < -0.4 is 15.4 Å². The second kappa shape index (κ2) is 11.6. The summed E-state index contributed by atoms with van der Waals surface area (Å²) in [6.45, 7) is 4.81. The molecule has 36 heavy (non-hydrogen) atoms. The fourth-order valence-corrected chi connectivity index (χ4v) is 4.78. The van der Waals surface area contributed by atoms with Crippen LogP contribution in [0.25, 0.3) is 10.9 Å². The summed E-state index contributed by atoms with van der Waals surface area (Å²) in [5.41, 5.74) is 2.12. The largest absolute Gasteiger partial charge is 0.497 e. The molecule has 2 heterocycles. The number of nitrogens with one attached hydrogen (secondary N) is 2. The summed E-state index contributed by atoms with van der Waals surface area (Å²) in [7, 11) is 2.97. The van der Waals surface area contributed by atoms with E-state index in [9.17, 15) is 9.59 Å². The highest BCUT2D eigenvalue weighted by Gasteiger charge is 2.42. The van der Waals surface area contributed by atoms with Crippen molar-refractivity contribution in [3.8, 4) is 5.75 Å². The van der Waals surface area contributed by atoms with Crippen molar-refractivity contribution in [2.24, 2.45) is 11.8 Å². The Bertz CT molecular complexity index is 1240. The number of rotatable bonds is 9. The number of hydrogen-bond donors (Lipinski definition) is 2. The zero-order valence-corrected chi connectivity index (χ0v) is 20.4. The van der Waals surface area contributed by atoms with Gasteiger partial charge in [-0.25, -0.2) is 9.97 Å². The van der Waals surface area contributed by atoms with E-state index in [0.29, 0.717) is 47.5 Å². The van der Waals surface area contributed by atoms with Crippen LogP contribution in [-0.4, -0.2) is 55.8 Å². The fourth-order valence-electron chi connectivity index (χ4n) is 4.78. The third kappa shape index (κ3) is 5.31. The number of aromatic nitrogens is 2. The molecular weight excluding hydrogens is 460 g/mol. The highest BCUT2D eigenvalue weighted by atomic mass is 16.5. The van der Waals surface area contributed by atoms with E-state index < -0.39 is 17.8 Å². The van der Waals surface area contributed by atoms with Gasteiger partial charge in [0.2, 0.25) is 0 Å². The number of benzene rings is 2. The van der Waals surface area contributed by atoms with Crippen molar-refractivity contribution in [1.82, 2.24) is 15.3 Å². The molecule has 3 atom stereocenters. The van der Waals surface area contributed by atoms with Gasteiger partial charge in [0.15, 0.2) is 0 Å². The van der Waals surface area contributed by atoms with Crippen molar-refractivity contribution in [3.05, 3.63) is 67.0 Å². The summed E-state index contributed by atoms with van der Waals surface area (Å²) in [6, 6.07) is 13.1. The molecule has 2 aromatic carbocycles. The maximum atomic E-state index is 13.5. The van der Waals surface area contributed by atoms with Gasteiger partial charge in [0.1, 0.15) is 24.5 Å². The first-order chi connectivity index (χ1) is 17.6. The second-order valence-corrected chi connectivity index (χ2v) is 8.50. The molecule has 0 saturated carbocycles. The van der Waals surface area contributed by atoms with Crippen molar-refractivity contribution in [2.75, 3.05) is 39.2 Å². The normalized spacial score (nSPS) is 18.2. The Labute approximate surface area is 209 Å². The first-order valence-electron chi connectivity index (χ1n) is 11.8. The number of carbonyl (C=O) groups excluding carboxylic acids is 2. The summed E-state index contributed by atoms with van der Waals surface area (Å²) < 4.78 is 16.0. The molecule has 1 aliphatic rings. The molecule has 2 N–H and O–H groups in total. The summed E-state index contributed by atoms with van der Waals surface area (Å²) in [5.74, 6) is -1.16. The predicted octanol–water partition coefficient (Wildman–Crippen LogP) is 3.59. The predicted molar refractivity (Wildman–Crippen MR) is 136 cm³/mol. The van der Waals surface area contributed by atoms with E-state index in [1.54, 1.807) is 7.11 Å². The molecule has 0 radical (unpaired) electrons. The van der Waals surface area contributed by atoms with Gasteiger partial charge < -0.3 is 24.8 Å². The number of anilines is 2. The number of fused-ring (bicyclic) bond motifs is 1. The molecule has 1 aliphatic heterocycles. The maximum absolute atomic E-state index is 13.5. The lowest BCUT2D eigenvalue weighted by Crippen LogP contribution is -2.45. The van der Waals surface area contributed by atoms with Crippen LogP contribution in [0.4, 0.5) is 11.5 Å². The first-order valence-corrected chi connectivity index (χ1v) is 11.8. The number of piperidine rings is 1. The van der Waals surface area contributed by atoms with Crippen LogP contribution in [0.15, 0.2) is 61.4 Å². The summed E-state index contributed by atoms with van der Waals surface area (Å²) in [5, 5.41) is 7.27. The van der Waals surface area contributed by atoms with Gasteiger partial charge >= 0.3 is 11.9 Å². The zero-order chi connectivity index (χ0) is 25.5. The first kappa shape index (κ1) is 25.1. The van der Waals surface area contributed by atoms with Crippen LogP contribution in [0.5, 0.6) is 5.75 Å². The maximum Gasteiger partial charge on any atom is 0.314 e. The van der Waals surface area contributed by atoms with Crippen molar-refractivity contribution in [1.29, 1.82) is 0 Å². The molecular formula is C27H30N4O5.